The lowest BCUT2D eigenvalue weighted by Crippen LogP contribution is -2.51. The summed E-state index contributed by atoms with van der Waals surface area (Å²) < 4.78 is 73.5. The first-order valence-electron chi connectivity index (χ1n) is 17.3. The summed E-state index contributed by atoms with van der Waals surface area (Å²) in [6.45, 7) is 12.9. The maximum Gasteiger partial charge on any atom is 0.408 e. The maximum absolute atomic E-state index is 14.5. The number of fused-ring (bicyclic) bond motifs is 1. The van der Waals surface area contributed by atoms with Crippen LogP contribution in [0, 0.1) is 0 Å². The van der Waals surface area contributed by atoms with Crippen LogP contribution in [0.2, 0.25) is 0 Å². The second kappa shape index (κ2) is 13.9. The molecule has 0 saturated carbocycles. The molecule has 1 unspecified atom stereocenters. The number of rotatable bonds is 7. The Morgan fingerprint density at radius 3 is 2.40 bits per heavy atom. The van der Waals surface area contributed by atoms with E-state index in [1.54, 1.807) is 56.9 Å². The van der Waals surface area contributed by atoms with Crippen molar-refractivity contribution in [3.63, 3.8) is 0 Å². The van der Waals surface area contributed by atoms with Crippen LogP contribution >= 0.6 is 0 Å². The molecule has 2 amide bonds. The number of nitrogens with one attached hydrogen (secondary N) is 1. The summed E-state index contributed by atoms with van der Waals surface area (Å²) in [4.78, 5) is 34.3. The summed E-state index contributed by atoms with van der Waals surface area (Å²) in [5, 5.41) is 14.7. The molecule has 2 aromatic carbocycles. The smallest absolute Gasteiger partial charge is 0.408 e. The number of hydrogen-bond acceptors (Lipinski definition) is 12. The fourth-order valence-electron chi connectivity index (χ4n) is 6.23. The van der Waals surface area contributed by atoms with Crippen molar-refractivity contribution in [2.75, 3.05) is 30.3 Å². The third-order valence-electron chi connectivity index (χ3n) is 8.81. The van der Waals surface area contributed by atoms with E-state index in [1.165, 1.54) is 23.1 Å². The van der Waals surface area contributed by atoms with E-state index in [2.05, 4.69) is 25.7 Å². The molecule has 1 N–H and O–H groups in total. The average Bonchev–Trinajstić information content (AvgIpc) is 3.75. The number of hydrogen-bond donors (Lipinski definition) is 1. The number of alkyl carbamates (subject to hydrolysis) is 1. The number of alkyl halides is 2. The largest absolute Gasteiger partial charge is 0.444 e. The fraction of sp³-hybridized carbons (Fsp3) is 0.500. The first-order chi connectivity index (χ1) is 24.7. The van der Waals surface area contributed by atoms with Crippen LogP contribution in [0.25, 0.3) is 22.8 Å². The topological polar surface area (TPSA) is 174 Å². The van der Waals surface area contributed by atoms with E-state index in [-0.39, 0.29) is 46.4 Å². The summed E-state index contributed by atoms with van der Waals surface area (Å²) in [6, 6.07) is 9.74. The highest BCUT2D eigenvalue weighted by Gasteiger charge is 2.43. The van der Waals surface area contributed by atoms with Gasteiger partial charge in [0, 0.05) is 29.5 Å². The number of likely N-dealkylation sites (tertiary alicyclic amines) is 1. The number of aromatic nitrogens is 4. The average molecular weight is 756 g/mol. The normalized spacial score (nSPS) is 20.5. The summed E-state index contributed by atoms with van der Waals surface area (Å²) in [6.07, 6.45) is -1.41. The van der Waals surface area contributed by atoms with Crippen LogP contribution in [0.15, 0.2) is 56.3 Å². The van der Waals surface area contributed by atoms with Crippen molar-refractivity contribution in [3.05, 3.63) is 59.8 Å². The monoisotopic (exact) mass is 755 g/mol. The van der Waals surface area contributed by atoms with Gasteiger partial charge >= 0.3 is 6.09 Å². The van der Waals surface area contributed by atoms with Gasteiger partial charge in [0.1, 0.15) is 11.6 Å². The van der Waals surface area contributed by atoms with E-state index < -0.39 is 57.5 Å². The van der Waals surface area contributed by atoms with Crippen LogP contribution in [0.3, 0.4) is 0 Å². The number of carbonyl (C=O) groups excluding carboxylic acids is 2. The van der Waals surface area contributed by atoms with Gasteiger partial charge in [0.25, 0.3) is 11.8 Å². The zero-order valence-corrected chi connectivity index (χ0v) is 31.5. The number of carbonyl (C=O) groups is 2. The van der Waals surface area contributed by atoms with Crippen LogP contribution < -0.4 is 10.2 Å². The van der Waals surface area contributed by atoms with Gasteiger partial charge in [-0.1, -0.05) is 57.1 Å². The highest BCUT2D eigenvalue weighted by molar-refractivity contribution is 7.91. The van der Waals surface area contributed by atoms with E-state index in [0.717, 1.165) is 0 Å². The number of anilines is 1. The molecule has 14 nitrogen and oxygen atoms in total. The van der Waals surface area contributed by atoms with Gasteiger partial charge in [-0.3, -0.25) is 9.69 Å². The molecule has 0 radical (unpaired) electrons. The Morgan fingerprint density at radius 2 is 1.75 bits per heavy atom. The third kappa shape index (κ3) is 8.56. The highest BCUT2D eigenvalue weighted by Crippen LogP contribution is 2.39. The fourth-order valence-corrected chi connectivity index (χ4v) is 7.84. The third-order valence-corrected chi connectivity index (χ3v) is 10.6. The molecule has 284 valence electrons. The molecule has 0 aliphatic carbocycles. The van der Waals surface area contributed by atoms with E-state index in [1.807, 2.05) is 20.8 Å². The molecule has 2 aliphatic heterocycles. The number of likely N-dealkylation sites (N-methyl/N-ethyl adjacent to an activating group) is 1. The molecule has 0 bridgehead atoms. The summed E-state index contributed by atoms with van der Waals surface area (Å²) in [5.74, 6) is -4.23. The number of piperidine rings is 1. The zero-order valence-electron chi connectivity index (χ0n) is 30.6. The Balaban J connectivity index is 1.36. The highest BCUT2D eigenvalue weighted by atomic mass is 32.2. The van der Waals surface area contributed by atoms with Crippen LogP contribution in [0.5, 0.6) is 0 Å². The van der Waals surface area contributed by atoms with Crippen molar-refractivity contribution < 1.29 is 40.5 Å². The molecule has 4 aromatic rings. The van der Waals surface area contributed by atoms with Gasteiger partial charge < -0.3 is 23.9 Å². The van der Waals surface area contributed by atoms with Gasteiger partial charge in [0.2, 0.25) is 23.5 Å². The van der Waals surface area contributed by atoms with Gasteiger partial charge in [-0.2, -0.15) is 4.98 Å². The molecule has 2 aliphatic rings. The number of ether oxygens (including phenoxy) is 1. The van der Waals surface area contributed by atoms with E-state index in [4.69, 9.17) is 13.7 Å². The number of sulfone groups is 1. The van der Waals surface area contributed by atoms with Crippen LogP contribution in [0.1, 0.15) is 78.1 Å². The Hall–Kier alpha value is -4.77. The van der Waals surface area contributed by atoms with E-state index in [0.29, 0.717) is 35.9 Å². The first-order valence-corrected chi connectivity index (χ1v) is 18.9. The Bertz CT molecular complexity index is 2100. The Morgan fingerprint density at radius 1 is 1.06 bits per heavy atom. The van der Waals surface area contributed by atoms with E-state index >= 15 is 0 Å². The van der Waals surface area contributed by atoms with E-state index in [9.17, 15) is 26.8 Å². The quantitative estimate of drug-likeness (QED) is 0.243. The summed E-state index contributed by atoms with van der Waals surface area (Å²) in [7, 11) is -4.18. The van der Waals surface area contributed by atoms with Crippen LogP contribution in [-0.2, 0) is 31.3 Å². The lowest BCUT2D eigenvalue weighted by Gasteiger charge is -2.35. The number of amides is 2. The van der Waals surface area contributed by atoms with Crippen molar-refractivity contribution in [1.82, 2.24) is 30.6 Å². The summed E-state index contributed by atoms with van der Waals surface area (Å²) >= 11 is 0. The zero-order chi connectivity index (χ0) is 38.5. The van der Waals surface area contributed by atoms with Gasteiger partial charge in [0.15, 0.2) is 9.84 Å². The van der Waals surface area contributed by atoms with Crippen LogP contribution in [0.4, 0.5) is 19.3 Å². The summed E-state index contributed by atoms with van der Waals surface area (Å²) in [5.41, 5.74) is 0.304. The van der Waals surface area contributed by atoms with Gasteiger partial charge in [-0.15, -0.1) is 10.2 Å². The molecule has 1 saturated heterocycles. The second-order valence-corrected chi connectivity index (χ2v) is 17.5. The molecule has 53 heavy (non-hydrogen) atoms. The number of nitrogens with zero attached hydrogens (tertiary/aromatic N) is 6. The predicted octanol–water partition coefficient (Wildman–Crippen LogP) is 5.74. The van der Waals surface area contributed by atoms with Crippen molar-refractivity contribution in [1.29, 1.82) is 0 Å². The molecular weight excluding hydrogens is 713 g/mol. The van der Waals surface area contributed by atoms with Crippen LogP contribution in [-0.4, -0.2) is 88.6 Å². The molecule has 6 rings (SSSR count). The number of benzene rings is 2. The minimum Gasteiger partial charge on any atom is -0.444 e. The molecule has 0 spiro atoms. The predicted molar refractivity (Wildman–Crippen MR) is 189 cm³/mol. The van der Waals surface area contributed by atoms with Crippen molar-refractivity contribution >= 4 is 27.5 Å². The van der Waals surface area contributed by atoms with Crippen molar-refractivity contribution in [2.45, 2.75) is 95.2 Å². The second-order valence-electron chi connectivity index (χ2n) is 15.5. The minimum absolute atomic E-state index is 0.0131. The molecule has 4 heterocycles. The maximum atomic E-state index is 14.5. The molecule has 1 fully saturated rings. The molecule has 2 aromatic heterocycles. The lowest BCUT2D eigenvalue weighted by atomic mass is 9.95. The molecular formula is C36H43F2N7O7S. The Kier molecular flexibility index (Phi) is 9.96. The van der Waals surface area contributed by atoms with Gasteiger partial charge in [0.05, 0.1) is 35.3 Å². The number of halogens is 2. The molecule has 17 heteroatoms. The Labute approximate surface area is 306 Å². The van der Waals surface area contributed by atoms with Crippen molar-refractivity contribution in [2.24, 2.45) is 0 Å². The minimum atomic E-state index is -4.18. The van der Waals surface area contributed by atoms with Crippen molar-refractivity contribution in [3.8, 4) is 22.8 Å². The lowest BCUT2D eigenvalue weighted by molar-refractivity contribution is -0.120. The van der Waals surface area contributed by atoms with Gasteiger partial charge in [-0.05, 0) is 51.1 Å². The van der Waals surface area contributed by atoms with Gasteiger partial charge in [-0.25, -0.2) is 22.0 Å². The standard InChI is InChI=1S/C36H43F2N7O7S/c1-8-44-18-24(16-36(37,38)20-44)30-42-41-29(50-30)23-13-14-27-26(15-23)45(31(46)25(19-53(27,48)49)39-33(47)51-35(5,6)7)17-21-9-11-22(12-10-21)28-40-32(52-43-28)34(2,3)4/h9-15,24-25H,8,16-20H2,1-7H3,(H,39,47)/t24?,25-/m0/s1. The SMILES string of the molecule is CCN1CC(c2nnc(-c3ccc4c(c3)N(Cc3ccc(-c5noc(C(C)(C)C)n5)cc3)C(=O)[C@@H](NC(=O)OC(C)(C)C)CS4(=O)=O)o2)CC(F)(F)C1. The molecule has 2 atom stereocenters. The first kappa shape index (κ1) is 38.0.